The molecule has 0 spiro atoms. The van der Waals surface area contributed by atoms with Crippen molar-refractivity contribution >= 4 is 18.0 Å². The van der Waals surface area contributed by atoms with E-state index in [0.29, 0.717) is 31.7 Å². The van der Waals surface area contributed by atoms with Crippen LogP contribution in [-0.2, 0) is 14.3 Å². The topological polar surface area (TPSA) is 93.9 Å². The Bertz CT molecular complexity index is 744. The third-order valence-electron chi connectivity index (χ3n) is 4.88. The Morgan fingerprint density at radius 3 is 2.45 bits per heavy atom. The third kappa shape index (κ3) is 7.59. The van der Waals surface area contributed by atoms with Gasteiger partial charge >= 0.3 is 5.97 Å². The lowest BCUT2D eigenvalue weighted by molar-refractivity contribution is -0.143. The van der Waals surface area contributed by atoms with Crippen LogP contribution in [0.15, 0.2) is 29.8 Å². The van der Waals surface area contributed by atoms with Gasteiger partial charge in [-0.05, 0) is 50.1 Å². The molecule has 1 amide bonds. The summed E-state index contributed by atoms with van der Waals surface area (Å²) in [6.45, 7) is 5.93. The van der Waals surface area contributed by atoms with E-state index in [-0.39, 0.29) is 23.2 Å². The van der Waals surface area contributed by atoms with Gasteiger partial charge in [0.1, 0.15) is 17.4 Å². The van der Waals surface area contributed by atoms with E-state index in [1.807, 2.05) is 13.0 Å². The van der Waals surface area contributed by atoms with Crippen molar-refractivity contribution in [2.75, 3.05) is 39.3 Å². The third-order valence-corrected chi connectivity index (χ3v) is 4.88. The highest BCUT2D eigenvalue weighted by Crippen LogP contribution is 2.15. The van der Waals surface area contributed by atoms with E-state index in [1.165, 1.54) is 12.1 Å². The minimum atomic E-state index is -0.255. The molecule has 156 valence electrons. The van der Waals surface area contributed by atoms with Crippen LogP contribution in [0.25, 0.3) is 6.08 Å². The number of ether oxygens (including phenoxy) is 1. The number of esters is 1. The standard InChI is InChI=1S/C22H29N3O4/c1-2-29-21(27)6-4-3-5-11-24-12-14-25(15-13-24)22(28)19(17-23)16-18-7-9-20(26)10-8-18/h7-10,16,26H,2-6,11-15H2,1H3/b19-16-. The highest BCUT2D eigenvalue weighted by molar-refractivity contribution is 6.01. The van der Waals surface area contributed by atoms with Crippen LogP contribution < -0.4 is 0 Å². The van der Waals surface area contributed by atoms with Crippen LogP contribution in [-0.4, -0.2) is 66.1 Å². The zero-order valence-corrected chi connectivity index (χ0v) is 17.0. The molecule has 29 heavy (non-hydrogen) atoms. The molecule has 0 aliphatic carbocycles. The van der Waals surface area contributed by atoms with Gasteiger partial charge in [0.05, 0.1) is 6.61 Å². The molecular formula is C22H29N3O4. The second kappa shape index (κ2) is 11.9. The van der Waals surface area contributed by atoms with E-state index >= 15 is 0 Å². The van der Waals surface area contributed by atoms with Gasteiger partial charge in [-0.1, -0.05) is 18.6 Å². The molecule has 0 radical (unpaired) electrons. The summed E-state index contributed by atoms with van der Waals surface area (Å²) < 4.78 is 4.92. The number of rotatable bonds is 9. The lowest BCUT2D eigenvalue weighted by atomic mass is 10.1. The van der Waals surface area contributed by atoms with Crippen molar-refractivity contribution in [3.8, 4) is 11.8 Å². The zero-order valence-electron chi connectivity index (χ0n) is 17.0. The number of piperazine rings is 1. The molecule has 1 N–H and O–H groups in total. The number of hydrogen-bond acceptors (Lipinski definition) is 6. The van der Waals surface area contributed by atoms with Gasteiger partial charge in [0, 0.05) is 32.6 Å². The van der Waals surface area contributed by atoms with E-state index in [9.17, 15) is 20.0 Å². The second-order valence-corrected chi connectivity index (χ2v) is 7.01. The van der Waals surface area contributed by atoms with E-state index in [4.69, 9.17) is 4.74 Å². The Kier molecular flexibility index (Phi) is 9.19. The maximum Gasteiger partial charge on any atom is 0.305 e. The second-order valence-electron chi connectivity index (χ2n) is 7.01. The fourth-order valence-corrected chi connectivity index (χ4v) is 3.24. The number of carbonyl (C=O) groups excluding carboxylic acids is 2. The van der Waals surface area contributed by atoms with Gasteiger partial charge in [-0.25, -0.2) is 0 Å². The number of amides is 1. The van der Waals surface area contributed by atoms with Gasteiger partial charge in [0.2, 0.25) is 0 Å². The zero-order chi connectivity index (χ0) is 21.1. The minimum Gasteiger partial charge on any atom is -0.508 e. The number of aromatic hydroxyl groups is 1. The van der Waals surface area contributed by atoms with Crippen LogP contribution in [0.5, 0.6) is 5.75 Å². The first-order valence-corrected chi connectivity index (χ1v) is 10.1. The van der Waals surface area contributed by atoms with E-state index in [0.717, 1.165) is 38.9 Å². The highest BCUT2D eigenvalue weighted by Gasteiger charge is 2.23. The monoisotopic (exact) mass is 399 g/mol. The number of nitrogens with zero attached hydrogens (tertiary/aromatic N) is 3. The number of nitriles is 1. The van der Waals surface area contributed by atoms with Crippen molar-refractivity contribution in [2.45, 2.75) is 32.6 Å². The summed E-state index contributed by atoms with van der Waals surface area (Å²) in [6.07, 6.45) is 4.85. The van der Waals surface area contributed by atoms with Crippen LogP contribution in [0.3, 0.4) is 0 Å². The Balaban J connectivity index is 1.73. The van der Waals surface area contributed by atoms with Crippen LogP contribution in [0.4, 0.5) is 0 Å². The van der Waals surface area contributed by atoms with Crippen molar-refractivity contribution in [1.82, 2.24) is 9.80 Å². The molecule has 0 aromatic heterocycles. The molecule has 1 aromatic rings. The SMILES string of the molecule is CCOC(=O)CCCCCN1CCN(C(=O)/C(C#N)=C\c2ccc(O)cc2)CC1. The molecule has 1 fully saturated rings. The van der Waals surface area contributed by atoms with Gasteiger partial charge in [-0.2, -0.15) is 5.26 Å². The van der Waals surface area contributed by atoms with Gasteiger partial charge in [0.15, 0.2) is 0 Å². The lowest BCUT2D eigenvalue weighted by Gasteiger charge is -2.34. The summed E-state index contributed by atoms with van der Waals surface area (Å²) >= 11 is 0. The first-order valence-electron chi connectivity index (χ1n) is 10.1. The number of unbranched alkanes of at least 4 members (excludes halogenated alkanes) is 2. The number of hydrogen-bond donors (Lipinski definition) is 1. The molecule has 0 saturated carbocycles. The summed E-state index contributed by atoms with van der Waals surface area (Å²) in [5, 5.41) is 18.7. The average Bonchev–Trinajstić information content (AvgIpc) is 2.73. The molecular weight excluding hydrogens is 370 g/mol. The summed E-state index contributed by atoms with van der Waals surface area (Å²) in [5.74, 6) is -0.244. The predicted octanol–water partition coefficient (Wildman–Crippen LogP) is 2.57. The highest BCUT2D eigenvalue weighted by atomic mass is 16.5. The van der Waals surface area contributed by atoms with Gasteiger partial charge < -0.3 is 14.7 Å². The lowest BCUT2D eigenvalue weighted by Crippen LogP contribution is -2.49. The summed E-state index contributed by atoms with van der Waals surface area (Å²) in [7, 11) is 0. The number of phenols is 1. The fourth-order valence-electron chi connectivity index (χ4n) is 3.24. The number of carbonyl (C=O) groups is 2. The van der Waals surface area contributed by atoms with Crippen molar-refractivity contribution < 1.29 is 19.4 Å². The average molecular weight is 399 g/mol. The predicted molar refractivity (Wildman–Crippen MR) is 110 cm³/mol. The van der Waals surface area contributed by atoms with Crippen LogP contribution in [0.1, 0.15) is 38.2 Å². The normalized spacial score (nSPS) is 15.0. The summed E-state index contributed by atoms with van der Waals surface area (Å²) in [4.78, 5) is 28.0. The number of phenolic OH excluding ortho intramolecular Hbond substituents is 1. The molecule has 0 unspecified atom stereocenters. The van der Waals surface area contributed by atoms with Crippen molar-refractivity contribution in [1.29, 1.82) is 5.26 Å². The molecule has 2 rings (SSSR count). The molecule has 1 aromatic carbocycles. The Morgan fingerprint density at radius 1 is 1.14 bits per heavy atom. The van der Waals surface area contributed by atoms with Crippen LogP contribution >= 0.6 is 0 Å². The minimum absolute atomic E-state index is 0.100. The van der Waals surface area contributed by atoms with Crippen LogP contribution in [0, 0.1) is 11.3 Å². The molecule has 0 atom stereocenters. The smallest absolute Gasteiger partial charge is 0.305 e. The van der Waals surface area contributed by atoms with Crippen molar-refractivity contribution in [2.24, 2.45) is 0 Å². The molecule has 1 aliphatic heterocycles. The molecule has 1 saturated heterocycles. The van der Waals surface area contributed by atoms with Gasteiger partial charge in [0.25, 0.3) is 5.91 Å². The maximum atomic E-state index is 12.6. The van der Waals surface area contributed by atoms with Crippen LogP contribution in [0.2, 0.25) is 0 Å². The van der Waals surface area contributed by atoms with E-state index < -0.39 is 0 Å². The maximum absolute atomic E-state index is 12.6. The molecule has 1 aliphatic rings. The number of benzene rings is 1. The van der Waals surface area contributed by atoms with E-state index in [1.54, 1.807) is 23.1 Å². The van der Waals surface area contributed by atoms with Crippen molar-refractivity contribution in [3.05, 3.63) is 35.4 Å². The van der Waals surface area contributed by atoms with Gasteiger partial charge in [-0.15, -0.1) is 0 Å². The Hall–Kier alpha value is -2.85. The molecule has 7 heteroatoms. The molecule has 0 bridgehead atoms. The summed E-state index contributed by atoms with van der Waals surface area (Å²) in [6, 6.07) is 8.38. The van der Waals surface area contributed by atoms with Gasteiger partial charge in [-0.3, -0.25) is 14.5 Å². The summed E-state index contributed by atoms with van der Waals surface area (Å²) in [5.41, 5.74) is 0.803. The molecule has 1 heterocycles. The molecule has 7 nitrogen and oxygen atoms in total. The largest absolute Gasteiger partial charge is 0.508 e. The van der Waals surface area contributed by atoms with Crippen molar-refractivity contribution in [3.63, 3.8) is 0 Å². The Labute approximate surface area is 172 Å². The first-order chi connectivity index (χ1) is 14.0. The Morgan fingerprint density at radius 2 is 1.83 bits per heavy atom. The first kappa shape index (κ1) is 22.4. The fraction of sp³-hybridized carbons (Fsp3) is 0.500. The quantitative estimate of drug-likeness (QED) is 0.297. The van der Waals surface area contributed by atoms with E-state index in [2.05, 4.69) is 4.90 Å².